The van der Waals surface area contributed by atoms with Crippen molar-refractivity contribution in [3.05, 3.63) is 0 Å². The average molecular weight is 162 g/mol. The third kappa shape index (κ3) is 2.75. The minimum atomic E-state index is -0.186. The molecule has 0 aromatic heterocycles. The molecule has 0 aromatic carbocycles. The number of hydrogen-bond acceptors (Lipinski definition) is 1. The van der Waals surface area contributed by atoms with E-state index in [1.807, 2.05) is 0 Å². The van der Waals surface area contributed by atoms with Gasteiger partial charge in [0.05, 0.1) is 33.5 Å². The molecule has 0 spiro atoms. The van der Waals surface area contributed by atoms with Crippen LogP contribution in [0.25, 0.3) is 0 Å². The van der Waals surface area contributed by atoms with Crippen LogP contribution in [0.1, 0.15) is 6.42 Å². The zero-order valence-corrected chi connectivity index (χ0v) is 7.18. The molecule has 1 aliphatic heterocycles. The number of hydrogen-bond donors (Lipinski definition) is 0. The first kappa shape index (κ1) is 8.94. The number of morpholine rings is 1. The van der Waals surface area contributed by atoms with Gasteiger partial charge < -0.3 is 9.22 Å². The fourth-order valence-electron chi connectivity index (χ4n) is 1.45. The highest BCUT2D eigenvalue weighted by Gasteiger charge is 2.23. The van der Waals surface area contributed by atoms with Crippen molar-refractivity contribution in [2.45, 2.75) is 6.42 Å². The van der Waals surface area contributed by atoms with E-state index in [2.05, 4.69) is 7.05 Å². The average Bonchev–Trinajstić information content (AvgIpc) is 2.03. The van der Waals surface area contributed by atoms with E-state index >= 15 is 0 Å². The van der Waals surface area contributed by atoms with E-state index in [1.54, 1.807) is 0 Å². The Labute approximate surface area is 67.5 Å². The molecule has 1 rings (SSSR count). The Morgan fingerprint density at radius 1 is 1.36 bits per heavy atom. The maximum absolute atomic E-state index is 11.9. The smallest absolute Gasteiger partial charge is 0.102 e. The molecule has 1 aliphatic rings. The molecule has 2 nitrogen and oxygen atoms in total. The van der Waals surface area contributed by atoms with Gasteiger partial charge in [-0.25, -0.2) is 0 Å². The molecular formula is C8H17FNO+. The van der Waals surface area contributed by atoms with Crippen molar-refractivity contribution in [1.82, 2.24) is 0 Å². The molecule has 0 unspecified atom stereocenters. The Balaban J connectivity index is 2.25. The van der Waals surface area contributed by atoms with Crippen LogP contribution in [0.4, 0.5) is 4.39 Å². The molecule has 0 amide bonds. The van der Waals surface area contributed by atoms with E-state index in [-0.39, 0.29) is 6.67 Å². The van der Waals surface area contributed by atoms with Crippen LogP contribution in [-0.4, -0.2) is 51.1 Å². The first-order valence-electron chi connectivity index (χ1n) is 4.24. The molecular weight excluding hydrogens is 145 g/mol. The lowest BCUT2D eigenvalue weighted by Crippen LogP contribution is -2.52. The Kier molecular flexibility index (Phi) is 3.27. The fraction of sp³-hybridized carbons (Fsp3) is 1.00. The number of nitrogens with zero attached hydrogens (tertiary/aromatic N) is 1. The molecule has 0 N–H and O–H groups in total. The molecule has 0 saturated carbocycles. The predicted octanol–water partition coefficient (Wildman–Crippen LogP) is 0.823. The Morgan fingerprint density at radius 2 is 2.00 bits per heavy atom. The Hall–Kier alpha value is -0.150. The van der Waals surface area contributed by atoms with Crippen LogP contribution in [0, 0.1) is 0 Å². The minimum absolute atomic E-state index is 0.186. The van der Waals surface area contributed by atoms with Crippen LogP contribution in [-0.2, 0) is 4.74 Å². The summed E-state index contributed by atoms with van der Waals surface area (Å²) in [5.74, 6) is 0. The molecule has 0 atom stereocenters. The summed E-state index contributed by atoms with van der Waals surface area (Å²) in [4.78, 5) is 0. The van der Waals surface area contributed by atoms with Crippen molar-refractivity contribution in [2.24, 2.45) is 0 Å². The molecule has 0 radical (unpaired) electrons. The van der Waals surface area contributed by atoms with Gasteiger partial charge in [-0.05, 0) is 0 Å². The van der Waals surface area contributed by atoms with Gasteiger partial charge in [-0.15, -0.1) is 0 Å². The van der Waals surface area contributed by atoms with Gasteiger partial charge in [0.15, 0.2) is 0 Å². The predicted molar refractivity (Wildman–Crippen MR) is 42.2 cm³/mol. The first-order chi connectivity index (χ1) is 5.27. The maximum Gasteiger partial charge on any atom is 0.102 e. The summed E-state index contributed by atoms with van der Waals surface area (Å²) in [6.07, 6.45) is 0.691. The second kappa shape index (κ2) is 4.02. The van der Waals surface area contributed by atoms with Gasteiger partial charge >= 0.3 is 0 Å². The standard InChI is InChI=1S/C8H17FNO/c1-10(4-2-3-9)5-7-11-8-6-10/h2-8H2,1H3/q+1. The van der Waals surface area contributed by atoms with E-state index in [4.69, 9.17) is 4.74 Å². The number of rotatable bonds is 3. The Morgan fingerprint density at radius 3 is 2.55 bits per heavy atom. The molecule has 11 heavy (non-hydrogen) atoms. The third-order valence-corrected chi connectivity index (χ3v) is 2.38. The van der Waals surface area contributed by atoms with Gasteiger partial charge in [0.2, 0.25) is 0 Å². The van der Waals surface area contributed by atoms with Crippen molar-refractivity contribution in [2.75, 3.05) is 46.6 Å². The second-order valence-electron chi connectivity index (χ2n) is 3.45. The number of alkyl halides is 1. The van der Waals surface area contributed by atoms with Crippen LogP contribution < -0.4 is 0 Å². The van der Waals surface area contributed by atoms with Gasteiger partial charge in [0, 0.05) is 6.42 Å². The summed E-state index contributed by atoms with van der Waals surface area (Å²) in [6, 6.07) is 0. The number of halogens is 1. The number of likely N-dealkylation sites (N-methyl/N-ethyl adjacent to an activating group) is 1. The van der Waals surface area contributed by atoms with E-state index in [0.717, 1.165) is 37.3 Å². The van der Waals surface area contributed by atoms with Crippen LogP contribution in [0.2, 0.25) is 0 Å². The fourth-order valence-corrected chi connectivity index (χ4v) is 1.45. The molecule has 1 fully saturated rings. The summed E-state index contributed by atoms with van der Waals surface area (Å²) in [5, 5.41) is 0. The van der Waals surface area contributed by atoms with Crippen molar-refractivity contribution in [3.8, 4) is 0 Å². The van der Waals surface area contributed by atoms with E-state index in [0.29, 0.717) is 6.42 Å². The highest BCUT2D eigenvalue weighted by molar-refractivity contribution is 4.46. The maximum atomic E-state index is 11.9. The van der Waals surface area contributed by atoms with Gasteiger partial charge in [-0.3, -0.25) is 4.39 Å². The summed E-state index contributed by atoms with van der Waals surface area (Å²) in [7, 11) is 2.18. The molecule has 0 aliphatic carbocycles. The summed E-state index contributed by atoms with van der Waals surface area (Å²) < 4.78 is 18.1. The number of ether oxygens (including phenoxy) is 1. The lowest BCUT2D eigenvalue weighted by molar-refractivity contribution is -0.917. The number of quaternary nitrogens is 1. The van der Waals surface area contributed by atoms with Crippen molar-refractivity contribution in [1.29, 1.82) is 0 Å². The summed E-state index contributed by atoms with van der Waals surface area (Å²) >= 11 is 0. The lowest BCUT2D eigenvalue weighted by Gasteiger charge is -2.37. The first-order valence-corrected chi connectivity index (χ1v) is 4.24. The zero-order chi connectivity index (χ0) is 8.16. The quantitative estimate of drug-likeness (QED) is 0.558. The highest BCUT2D eigenvalue weighted by Crippen LogP contribution is 2.08. The lowest BCUT2D eigenvalue weighted by atomic mass is 10.3. The van der Waals surface area contributed by atoms with Crippen LogP contribution in [0.3, 0.4) is 0 Å². The van der Waals surface area contributed by atoms with Gasteiger partial charge in [-0.1, -0.05) is 0 Å². The monoisotopic (exact) mass is 162 g/mol. The van der Waals surface area contributed by atoms with E-state index < -0.39 is 0 Å². The van der Waals surface area contributed by atoms with Gasteiger partial charge in [-0.2, -0.15) is 0 Å². The summed E-state index contributed by atoms with van der Waals surface area (Å²) in [6.45, 7) is 4.53. The molecule has 0 aromatic rings. The SMILES string of the molecule is C[N+]1(CCCF)CCOCC1. The summed E-state index contributed by atoms with van der Waals surface area (Å²) in [5.41, 5.74) is 0. The third-order valence-electron chi connectivity index (χ3n) is 2.38. The molecule has 66 valence electrons. The van der Waals surface area contributed by atoms with Crippen LogP contribution >= 0.6 is 0 Å². The Bertz CT molecular complexity index is 113. The normalized spacial score (nSPS) is 23.5. The van der Waals surface area contributed by atoms with Crippen LogP contribution in [0.15, 0.2) is 0 Å². The van der Waals surface area contributed by atoms with Crippen molar-refractivity contribution in [3.63, 3.8) is 0 Å². The zero-order valence-electron chi connectivity index (χ0n) is 7.18. The van der Waals surface area contributed by atoms with E-state index in [1.165, 1.54) is 0 Å². The van der Waals surface area contributed by atoms with E-state index in [9.17, 15) is 4.39 Å². The molecule has 1 heterocycles. The van der Waals surface area contributed by atoms with Gasteiger partial charge in [0.25, 0.3) is 0 Å². The largest absolute Gasteiger partial charge is 0.370 e. The highest BCUT2D eigenvalue weighted by atomic mass is 19.1. The van der Waals surface area contributed by atoms with Crippen LogP contribution in [0.5, 0.6) is 0 Å². The van der Waals surface area contributed by atoms with Crippen molar-refractivity contribution >= 4 is 0 Å². The molecule has 1 saturated heterocycles. The minimum Gasteiger partial charge on any atom is -0.370 e. The molecule has 3 heteroatoms. The van der Waals surface area contributed by atoms with Gasteiger partial charge in [0.1, 0.15) is 13.1 Å². The topological polar surface area (TPSA) is 9.23 Å². The molecule has 0 bridgehead atoms. The second-order valence-corrected chi connectivity index (χ2v) is 3.45. The van der Waals surface area contributed by atoms with Crippen molar-refractivity contribution < 1.29 is 13.6 Å².